The molecule has 2 N–H and O–H groups in total. The van der Waals surface area contributed by atoms with Gasteiger partial charge in [-0.15, -0.1) is 0 Å². The van der Waals surface area contributed by atoms with Crippen LogP contribution in [0, 0.1) is 11.6 Å². The SMILES string of the molecule is CC(NC(=O)CNC(=O)Cc1ccccc1)c1ccc(F)c(F)c1. The molecule has 2 amide bonds. The number of amides is 2. The van der Waals surface area contributed by atoms with Crippen molar-refractivity contribution in [3.63, 3.8) is 0 Å². The summed E-state index contributed by atoms with van der Waals surface area (Å²) in [7, 11) is 0. The van der Waals surface area contributed by atoms with E-state index in [-0.39, 0.29) is 18.9 Å². The second-order valence-electron chi connectivity index (χ2n) is 5.40. The van der Waals surface area contributed by atoms with Crippen LogP contribution in [0.1, 0.15) is 24.1 Å². The van der Waals surface area contributed by atoms with Gasteiger partial charge in [0.15, 0.2) is 11.6 Å². The molecule has 1 unspecified atom stereocenters. The fourth-order valence-electron chi connectivity index (χ4n) is 2.18. The maximum absolute atomic E-state index is 13.2. The highest BCUT2D eigenvalue weighted by Gasteiger charge is 2.13. The monoisotopic (exact) mass is 332 g/mol. The Labute approximate surface area is 138 Å². The van der Waals surface area contributed by atoms with Gasteiger partial charge >= 0.3 is 0 Å². The topological polar surface area (TPSA) is 58.2 Å². The highest BCUT2D eigenvalue weighted by Crippen LogP contribution is 2.15. The molecule has 24 heavy (non-hydrogen) atoms. The molecule has 0 spiro atoms. The van der Waals surface area contributed by atoms with E-state index in [1.807, 2.05) is 30.3 Å². The van der Waals surface area contributed by atoms with Crippen LogP contribution in [-0.2, 0) is 16.0 Å². The van der Waals surface area contributed by atoms with Gasteiger partial charge in [-0.1, -0.05) is 36.4 Å². The predicted molar refractivity (Wildman–Crippen MR) is 86.1 cm³/mol. The lowest BCUT2D eigenvalue weighted by atomic mass is 10.1. The second kappa shape index (κ2) is 8.19. The van der Waals surface area contributed by atoms with Gasteiger partial charge in [-0.05, 0) is 30.2 Å². The molecule has 1 atom stereocenters. The Hall–Kier alpha value is -2.76. The Morgan fingerprint density at radius 3 is 2.38 bits per heavy atom. The van der Waals surface area contributed by atoms with Crippen molar-refractivity contribution in [1.29, 1.82) is 0 Å². The molecular formula is C18H18F2N2O2. The molecule has 0 aliphatic heterocycles. The van der Waals surface area contributed by atoms with Crippen molar-refractivity contribution in [1.82, 2.24) is 10.6 Å². The largest absolute Gasteiger partial charge is 0.348 e. The van der Waals surface area contributed by atoms with Crippen LogP contribution in [0.4, 0.5) is 8.78 Å². The standard InChI is InChI=1S/C18H18F2N2O2/c1-12(14-7-8-15(19)16(20)10-14)22-18(24)11-21-17(23)9-13-5-3-2-4-6-13/h2-8,10,12H,9,11H2,1H3,(H,21,23)(H,22,24). The van der Waals surface area contributed by atoms with Crippen LogP contribution < -0.4 is 10.6 Å². The minimum atomic E-state index is -0.968. The summed E-state index contributed by atoms with van der Waals surface area (Å²) in [5.74, 6) is -2.58. The van der Waals surface area contributed by atoms with Crippen LogP contribution in [0.5, 0.6) is 0 Å². The highest BCUT2D eigenvalue weighted by atomic mass is 19.2. The number of carbonyl (C=O) groups excluding carboxylic acids is 2. The van der Waals surface area contributed by atoms with Crippen LogP contribution in [0.3, 0.4) is 0 Å². The quantitative estimate of drug-likeness (QED) is 0.854. The summed E-state index contributed by atoms with van der Waals surface area (Å²) in [4.78, 5) is 23.6. The van der Waals surface area contributed by atoms with Crippen LogP contribution in [0.25, 0.3) is 0 Å². The van der Waals surface area contributed by atoms with Crippen molar-refractivity contribution < 1.29 is 18.4 Å². The average molecular weight is 332 g/mol. The third kappa shape index (κ3) is 5.15. The minimum absolute atomic E-state index is 0.181. The first-order valence-corrected chi connectivity index (χ1v) is 7.50. The van der Waals surface area contributed by atoms with Crippen molar-refractivity contribution in [2.75, 3.05) is 6.54 Å². The summed E-state index contributed by atoms with van der Waals surface area (Å²) in [6, 6.07) is 12.1. The van der Waals surface area contributed by atoms with Gasteiger partial charge in [0.05, 0.1) is 19.0 Å². The van der Waals surface area contributed by atoms with Crippen molar-refractivity contribution in [3.8, 4) is 0 Å². The Bertz CT molecular complexity index is 720. The Morgan fingerprint density at radius 2 is 1.71 bits per heavy atom. The predicted octanol–water partition coefficient (Wildman–Crippen LogP) is 2.50. The van der Waals surface area contributed by atoms with Gasteiger partial charge in [-0.25, -0.2) is 8.78 Å². The Kier molecular flexibility index (Phi) is 6.01. The number of hydrogen-bond donors (Lipinski definition) is 2. The van der Waals surface area contributed by atoms with E-state index in [1.54, 1.807) is 6.92 Å². The number of rotatable bonds is 6. The molecule has 2 aromatic rings. The molecule has 0 bridgehead atoms. The zero-order valence-corrected chi connectivity index (χ0v) is 13.2. The molecular weight excluding hydrogens is 314 g/mol. The van der Waals surface area contributed by atoms with E-state index in [0.29, 0.717) is 5.56 Å². The van der Waals surface area contributed by atoms with Gasteiger partial charge in [-0.2, -0.15) is 0 Å². The van der Waals surface area contributed by atoms with Crippen LogP contribution >= 0.6 is 0 Å². The zero-order valence-electron chi connectivity index (χ0n) is 13.2. The van der Waals surface area contributed by atoms with Gasteiger partial charge in [0.1, 0.15) is 0 Å². The maximum Gasteiger partial charge on any atom is 0.239 e. The lowest BCUT2D eigenvalue weighted by molar-refractivity contribution is -0.126. The molecule has 0 saturated heterocycles. The molecule has 0 radical (unpaired) electrons. The van der Waals surface area contributed by atoms with E-state index >= 15 is 0 Å². The lowest BCUT2D eigenvalue weighted by Crippen LogP contribution is -2.38. The van der Waals surface area contributed by atoms with Crippen LogP contribution in [0.2, 0.25) is 0 Å². The minimum Gasteiger partial charge on any atom is -0.348 e. The molecule has 126 valence electrons. The molecule has 0 aliphatic rings. The van der Waals surface area contributed by atoms with Gasteiger partial charge in [0.2, 0.25) is 11.8 Å². The molecule has 2 aromatic carbocycles. The van der Waals surface area contributed by atoms with Crippen molar-refractivity contribution in [3.05, 3.63) is 71.3 Å². The molecule has 4 nitrogen and oxygen atoms in total. The first kappa shape index (κ1) is 17.6. The van der Waals surface area contributed by atoms with Gasteiger partial charge in [-0.3, -0.25) is 9.59 Å². The maximum atomic E-state index is 13.2. The summed E-state index contributed by atoms with van der Waals surface area (Å²) in [6.45, 7) is 1.47. The first-order valence-electron chi connectivity index (χ1n) is 7.50. The number of carbonyl (C=O) groups is 2. The number of hydrogen-bond acceptors (Lipinski definition) is 2. The summed E-state index contributed by atoms with van der Waals surface area (Å²) in [5, 5.41) is 5.14. The van der Waals surface area contributed by atoms with E-state index in [2.05, 4.69) is 10.6 Å². The normalized spacial score (nSPS) is 11.6. The average Bonchev–Trinajstić information content (AvgIpc) is 2.56. The van der Waals surface area contributed by atoms with E-state index < -0.39 is 23.6 Å². The summed E-state index contributed by atoms with van der Waals surface area (Å²) in [6.07, 6.45) is 0.187. The third-order valence-electron chi connectivity index (χ3n) is 3.47. The molecule has 0 aromatic heterocycles. The van der Waals surface area contributed by atoms with Crippen molar-refractivity contribution in [2.45, 2.75) is 19.4 Å². The number of nitrogens with one attached hydrogen (secondary N) is 2. The smallest absolute Gasteiger partial charge is 0.239 e. The van der Waals surface area contributed by atoms with E-state index in [4.69, 9.17) is 0 Å². The van der Waals surface area contributed by atoms with E-state index in [0.717, 1.165) is 17.7 Å². The van der Waals surface area contributed by atoms with E-state index in [9.17, 15) is 18.4 Å². The third-order valence-corrected chi connectivity index (χ3v) is 3.47. The summed E-state index contributed by atoms with van der Waals surface area (Å²) < 4.78 is 26.1. The van der Waals surface area contributed by atoms with Crippen LogP contribution in [0.15, 0.2) is 48.5 Å². The summed E-state index contributed by atoms with van der Waals surface area (Å²) >= 11 is 0. The number of benzene rings is 2. The molecule has 0 aliphatic carbocycles. The van der Waals surface area contributed by atoms with Gasteiger partial charge in [0.25, 0.3) is 0 Å². The number of halogens is 2. The first-order chi connectivity index (χ1) is 11.5. The van der Waals surface area contributed by atoms with Gasteiger partial charge in [0, 0.05) is 0 Å². The molecule has 2 rings (SSSR count). The van der Waals surface area contributed by atoms with Crippen molar-refractivity contribution in [2.24, 2.45) is 0 Å². The highest BCUT2D eigenvalue weighted by molar-refractivity contribution is 5.85. The van der Waals surface area contributed by atoms with E-state index in [1.165, 1.54) is 6.07 Å². The van der Waals surface area contributed by atoms with Gasteiger partial charge < -0.3 is 10.6 Å². The summed E-state index contributed by atoms with van der Waals surface area (Å²) in [5.41, 5.74) is 1.29. The van der Waals surface area contributed by atoms with Crippen molar-refractivity contribution >= 4 is 11.8 Å². The van der Waals surface area contributed by atoms with Crippen LogP contribution in [-0.4, -0.2) is 18.4 Å². The Balaban J connectivity index is 1.80. The molecule has 0 heterocycles. The molecule has 0 saturated carbocycles. The lowest BCUT2D eigenvalue weighted by Gasteiger charge is -2.15. The molecule has 0 fully saturated rings. The zero-order chi connectivity index (χ0) is 17.5. The second-order valence-corrected chi connectivity index (χ2v) is 5.40. The fourth-order valence-corrected chi connectivity index (χ4v) is 2.18. The Morgan fingerprint density at radius 1 is 1.00 bits per heavy atom. The fraction of sp³-hybridized carbons (Fsp3) is 0.222. The molecule has 6 heteroatoms.